The molecule has 0 aliphatic carbocycles. The molecule has 0 aliphatic rings. The Bertz CT molecular complexity index is 583. The number of nitrogens with one attached hydrogen (secondary N) is 2. The zero-order valence-electron chi connectivity index (χ0n) is 9.58. The Balaban J connectivity index is 2.08. The van der Waals surface area contributed by atoms with Gasteiger partial charge >= 0.3 is 5.76 Å². The van der Waals surface area contributed by atoms with Gasteiger partial charge in [-0.05, 0) is 24.1 Å². The molecule has 90 valence electrons. The molecule has 2 N–H and O–H groups in total. The number of carbonyl (C=O) groups excluding carboxylic acids is 1. The SMILES string of the molecule is CCCC(=O)NCc1ccc2[nH]c(=O)oc2c1. The van der Waals surface area contributed by atoms with E-state index in [2.05, 4.69) is 10.3 Å². The van der Waals surface area contributed by atoms with Crippen LogP contribution >= 0.6 is 0 Å². The normalized spacial score (nSPS) is 10.6. The van der Waals surface area contributed by atoms with Gasteiger partial charge in [-0.3, -0.25) is 9.78 Å². The van der Waals surface area contributed by atoms with Gasteiger partial charge in [0.1, 0.15) is 0 Å². The maximum absolute atomic E-state index is 11.3. The Morgan fingerprint density at radius 2 is 2.29 bits per heavy atom. The average molecular weight is 234 g/mol. The van der Waals surface area contributed by atoms with Crippen LogP contribution in [0.15, 0.2) is 27.4 Å². The first-order valence-corrected chi connectivity index (χ1v) is 5.57. The van der Waals surface area contributed by atoms with Crippen LogP contribution in [-0.4, -0.2) is 10.9 Å². The van der Waals surface area contributed by atoms with Crippen molar-refractivity contribution in [3.63, 3.8) is 0 Å². The number of rotatable bonds is 4. The van der Waals surface area contributed by atoms with Gasteiger partial charge in [0.15, 0.2) is 5.58 Å². The number of hydrogen-bond donors (Lipinski definition) is 2. The van der Waals surface area contributed by atoms with Gasteiger partial charge in [-0.1, -0.05) is 13.0 Å². The van der Waals surface area contributed by atoms with E-state index in [4.69, 9.17) is 4.42 Å². The maximum atomic E-state index is 11.3. The average Bonchev–Trinajstić information content (AvgIpc) is 2.66. The summed E-state index contributed by atoms with van der Waals surface area (Å²) in [6.07, 6.45) is 1.36. The number of aromatic amines is 1. The Kier molecular flexibility index (Phi) is 3.27. The molecule has 0 fully saturated rings. The Labute approximate surface area is 97.8 Å². The second-order valence-electron chi connectivity index (χ2n) is 3.87. The summed E-state index contributed by atoms with van der Waals surface area (Å²) in [6.45, 7) is 2.41. The van der Waals surface area contributed by atoms with E-state index in [9.17, 15) is 9.59 Å². The summed E-state index contributed by atoms with van der Waals surface area (Å²) in [5.41, 5.74) is 2.08. The van der Waals surface area contributed by atoms with Crippen molar-refractivity contribution in [3.05, 3.63) is 34.3 Å². The van der Waals surface area contributed by atoms with E-state index in [-0.39, 0.29) is 5.91 Å². The van der Waals surface area contributed by atoms with Gasteiger partial charge in [-0.25, -0.2) is 4.79 Å². The van der Waals surface area contributed by atoms with Crippen molar-refractivity contribution in [1.82, 2.24) is 10.3 Å². The van der Waals surface area contributed by atoms with Crippen LogP contribution in [0.4, 0.5) is 0 Å². The molecule has 0 saturated carbocycles. The zero-order valence-corrected chi connectivity index (χ0v) is 9.58. The predicted octanol–water partition coefficient (Wildman–Crippen LogP) is 1.54. The number of amides is 1. The molecular formula is C12H14N2O3. The highest BCUT2D eigenvalue weighted by atomic mass is 16.4. The van der Waals surface area contributed by atoms with E-state index >= 15 is 0 Å². The smallest absolute Gasteiger partial charge is 0.408 e. The number of oxazole rings is 1. The van der Waals surface area contributed by atoms with E-state index < -0.39 is 5.76 Å². The molecule has 17 heavy (non-hydrogen) atoms. The second kappa shape index (κ2) is 4.86. The molecule has 2 aromatic rings. The summed E-state index contributed by atoms with van der Waals surface area (Å²) in [5, 5.41) is 2.80. The lowest BCUT2D eigenvalue weighted by Crippen LogP contribution is -2.21. The molecule has 0 bridgehead atoms. The fraction of sp³-hybridized carbons (Fsp3) is 0.333. The molecule has 0 radical (unpaired) electrons. The molecule has 0 spiro atoms. The van der Waals surface area contributed by atoms with E-state index in [1.807, 2.05) is 13.0 Å². The minimum Gasteiger partial charge on any atom is -0.408 e. The summed E-state index contributed by atoms with van der Waals surface area (Å²) in [4.78, 5) is 24.8. The minimum atomic E-state index is -0.466. The molecule has 0 unspecified atom stereocenters. The minimum absolute atomic E-state index is 0.0307. The first-order chi connectivity index (χ1) is 8.19. The third-order valence-corrected chi connectivity index (χ3v) is 2.45. The lowest BCUT2D eigenvalue weighted by molar-refractivity contribution is -0.121. The standard InChI is InChI=1S/C12H14N2O3/c1-2-3-11(15)13-7-8-4-5-9-10(6-8)17-12(16)14-9/h4-6H,2-3,7H2,1H3,(H,13,15)(H,14,16). The quantitative estimate of drug-likeness (QED) is 0.842. The highest BCUT2D eigenvalue weighted by Crippen LogP contribution is 2.12. The van der Waals surface area contributed by atoms with Crippen LogP contribution in [-0.2, 0) is 11.3 Å². The molecule has 0 saturated heterocycles. The van der Waals surface area contributed by atoms with Crippen LogP contribution in [0.1, 0.15) is 25.3 Å². The van der Waals surface area contributed by atoms with Crippen molar-refractivity contribution < 1.29 is 9.21 Å². The largest absolute Gasteiger partial charge is 0.417 e. The highest BCUT2D eigenvalue weighted by Gasteiger charge is 2.03. The van der Waals surface area contributed by atoms with Crippen LogP contribution in [0.25, 0.3) is 11.1 Å². The lowest BCUT2D eigenvalue weighted by atomic mass is 10.2. The van der Waals surface area contributed by atoms with Gasteiger partial charge in [0.2, 0.25) is 5.91 Å². The first-order valence-electron chi connectivity index (χ1n) is 5.57. The van der Waals surface area contributed by atoms with Crippen LogP contribution in [0, 0.1) is 0 Å². The van der Waals surface area contributed by atoms with Crippen molar-refractivity contribution in [2.24, 2.45) is 0 Å². The first kappa shape index (κ1) is 11.4. The van der Waals surface area contributed by atoms with Crippen LogP contribution in [0.2, 0.25) is 0 Å². The molecule has 1 amide bonds. The Morgan fingerprint density at radius 1 is 1.47 bits per heavy atom. The Hall–Kier alpha value is -2.04. The van der Waals surface area contributed by atoms with Crippen LogP contribution in [0.3, 0.4) is 0 Å². The molecule has 1 heterocycles. The second-order valence-corrected chi connectivity index (χ2v) is 3.87. The van der Waals surface area contributed by atoms with Gasteiger partial charge in [-0.15, -0.1) is 0 Å². The van der Waals surface area contributed by atoms with Gasteiger partial charge in [-0.2, -0.15) is 0 Å². The third kappa shape index (κ3) is 2.75. The summed E-state index contributed by atoms with van der Waals surface area (Å²) < 4.78 is 4.94. The van der Waals surface area contributed by atoms with Crippen molar-refractivity contribution in [2.45, 2.75) is 26.3 Å². The van der Waals surface area contributed by atoms with Crippen molar-refractivity contribution >= 4 is 17.0 Å². The Morgan fingerprint density at radius 3 is 3.06 bits per heavy atom. The molecular weight excluding hydrogens is 220 g/mol. The zero-order chi connectivity index (χ0) is 12.3. The van der Waals surface area contributed by atoms with E-state index in [1.54, 1.807) is 12.1 Å². The van der Waals surface area contributed by atoms with E-state index in [1.165, 1.54) is 0 Å². The van der Waals surface area contributed by atoms with Gasteiger partial charge in [0.05, 0.1) is 5.52 Å². The van der Waals surface area contributed by atoms with Crippen molar-refractivity contribution in [1.29, 1.82) is 0 Å². The van der Waals surface area contributed by atoms with Crippen LogP contribution < -0.4 is 11.1 Å². The third-order valence-electron chi connectivity index (χ3n) is 2.45. The highest BCUT2D eigenvalue weighted by molar-refractivity contribution is 5.76. The fourth-order valence-corrected chi connectivity index (χ4v) is 1.62. The van der Waals surface area contributed by atoms with Crippen molar-refractivity contribution in [3.8, 4) is 0 Å². The van der Waals surface area contributed by atoms with E-state index in [0.717, 1.165) is 12.0 Å². The molecule has 1 aromatic heterocycles. The molecule has 2 rings (SSSR count). The maximum Gasteiger partial charge on any atom is 0.417 e. The lowest BCUT2D eigenvalue weighted by Gasteiger charge is -2.03. The number of fused-ring (bicyclic) bond motifs is 1. The fourth-order valence-electron chi connectivity index (χ4n) is 1.62. The molecule has 1 aromatic carbocycles. The van der Waals surface area contributed by atoms with Gasteiger partial charge in [0, 0.05) is 13.0 Å². The summed E-state index contributed by atoms with van der Waals surface area (Å²) in [5.74, 6) is -0.435. The summed E-state index contributed by atoms with van der Waals surface area (Å²) in [6, 6.07) is 5.36. The number of hydrogen-bond acceptors (Lipinski definition) is 3. The van der Waals surface area contributed by atoms with Crippen LogP contribution in [0.5, 0.6) is 0 Å². The molecule has 5 heteroatoms. The summed E-state index contributed by atoms with van der Waals surface area (Å²) in [7, 11) is 0. The number of benzene rings is 1. The molecule has 5 nitrogen and oxygen atoms in total. The molecule has 0 aliphatic heterocycles. The van der Waals surface area contributed by atoms with Gasteiger partial charge in [0.25, 0.3) is 0 Å². The van der Waals surface area contributed by atoms with E-state index in [0.29, 0.717) is 24.1 Å². The van der Waals surface area contributed by atoms with Gasteiger partial charge < -0.3 is 9.73 Å². The number of carbonyl (C=O) groups is 1. The topological polar surface area (TPSA) is 75.1 Å². The monoisotopic (exact) mass is 234 g/mol. The number of aromatic nitrogens is 1. The van der Waals surface area contributed by atoms with Crippen molar-refractivity contribution in [2.75, 3.05) is 0 Å². The summed E-state index contributed by atoms with van der Waals surface area (Å²) >= 11 is 0. The molecule has 0 atom stereocenters. The number of H-pyrrole nitrogens is 1. The predicted molar refractivity (Wildman–Crippen MR) is 63.6 cm³/mol.